The molecule has 0 atom stereocenters. The summed E-state index contributed by atoms with van der Waals surface area (Å²) in [5.41, 5.74) is 5.69. The van der Waals surface area contributed by atoms with Crippen LogP contribution in [0.3, 0.4) is 0 Å². The maximum absolute atomic E-state index is 11.4. The molecule has 0 spiro atoms. The van der Waals surface area contributed by atoms with E-state index in [1.54, 1.807) is 5.38 Å². The van der Waals surface area contributed by atoms with E-state index in [0.717, 1.165) is 0 Å². The largest absolute Gasteiger partial charge is 0.375 e. The Morgan fingerprint density at radius 2 is 2.53 bits per heavy atom. The molecule has 1 amide bonds. The monoisotopic (exact) mass is 225 g/mol. The first-order chi connectivity index (χ1) is 7.25. The van der Waals surface area contributed by atoms with Gasteiger partial charge in [-0.15, -0.1) is 21.5 Å². The van der Waals surface area contributed by atoms with Crippen molar-refractivity contribution in [3.05, 3.63) is 16.9 Å². The lowest BCUT2D eigenvalue weighted by atomic mass is 10.4. The number of anilines is 1. The number of aromatic nitrogens is 5. The van der Waals surface area contributed by atoms with Crippen molar-refractivity contribution in [2.45, 2.75) is 6.54 Å². The Morgan fingerprint density at radius 1 is 1.67 bits per heavy atom. The standard InChI is InChI=1S/C6H7N7OS/c7-6-9-3(2-15-6)5(14)8-1-4-10-12-13-11-4/h2H,1H2,(H2,7,9)(H,8,14)(H,10,11,12,13). The third-order valence-electron chi connectivity index (χ3n) is 1.55. The smallest absolute Gasteiger partial charge is 0.271 e. The highest BCUT2D eigenvalue weighted by molar-refractivity contribution is 7.13. The number of nitrogens with two attached hydrogens (primary N) is 1. The molecule has 0 aliphatic heterocycles. The molecule has 2 rings (SSSR count). The number of nitrogens with one attached hydrogen (secondary N) is 2. The van der Waals surface area contributed by atoms with Crippen molar-refractivity contribution >= 4 is 22.4 Å². The summed E-state index contributed by atoms with van der Waals surface area (Å²) >= 11 is 1.21. The number of hydrogen-bond donors (Lipinski definition) is 3. The number of carbonyl (C=O) groups is 1. The number of H-pyrrole nitrogens is 1. The number of nitrogens with zero attached hydrogens (tertiary/aromatic N) is 4. The van der Waals surface area contributed by atoms with Gasteiger partial charge in [0.05, 0.1) is 6.54 Å². The minimum atomic E-state index is -0.312. The molecule has 0 unspecified atom stereocenters. The number of thiazole rings is 1. The van der Waals surface area contributed by atoms with Gasteiger partial charge in [-0.25, -0.2) is 4.98 Å². The van der Waals surface area contributed by atoms with Gasteiger partial charge in [-0.05, 0) is 0 Å². The van der Waals surface area contributed by atoms with Gasteiger partial charge in [0.2, 0.25) is 0 Å². The van der Waals surface area contributed by atoms with Crippen LogP contribution in [0.25, 0.3) is 0 Å². The van der Waals surface area contributed by atoms with Gasteiger partial charge in [0.25, 0.3) is 5.91 Å². The molecule has 0 saturated carbocycles. The van der Waals surface area contributed by atoms with Crippen molar-refractivity contribution in [3.8, 4) is 0 Å². The topological polar surface area (TPSA) is 122 Å². The van der Waals surface area contributed by atoms with Crippen LogP contribution in [-0.2, 0) is 6.54 Å². The summed E-state index contributed by atoms with van der Waals surface area (Å²) in [5, 5.41) is 17.5. The van der Waals surface area contributed by atoms with Crippen molar-refractivity contribution in [3.63, 3.8) is 0 Å². The van der Waals surface area contributed by atoms with Crippen LogP contribution in [-0.4, -0.2) is 31.5 Å². The fourth-order valence-corrected chi connectivity index (χ4v) is 1.44. The summed E-state index contributed by atoms with van der Waals surface area (Å²) in [6.07, 6.45) is 0. The SMILES string of the molecule is Nc1nc(C(=O)NCc2nn[nH]n2)cs1. The summed E-state index contributed by atoms with van der Waals surface area (Å²) in [5.74, 6) is 0.0966. The number of rotatable bonds is 3. The molecule has 0 bridgehead atoms. The molecule has 0 fully saturated rings. The van der Waals surface area contributed by atoms with E-state index in [0.29, 0.717) is 16.6 Å². The first kappa shape index (κ1) is 9.52. The predicted octanol–water partition coefficient (Wildman–Crippen LogP) is -0.832. The number of tetrazole rings is 1. The third kappa shape index (κ3) is 2.26. The minimum Gasteiger partial charge on any atom is -0.375 e. The van der Waals surface area contributed by atoms with Gasteiger partial charge in [0.15, 0.2) is 11.0 Å². The number of amides is 1. The van der Waals surface area contributed by atoms with Crippen LogP contribution < -0.4 is 11.1 Å². The molecule has 9 heteroatoms. The lowest BCUT2D eigenvalue weighted by molar-refractivity contribution is 0.0945. The van der Waals surface area contributed by atoms with Gasteiger partial charge in [-0.2, -0.15) is 5.21 Å². The second-order valence-electron chi connectivity index (χ2n) is 2.58. The molecular weight excluding hydrogens is 218 g/mol. The summed E-state index contributed by atoms with van der Waals surface area (Å²) in [7, 11) is 0. The van der Waals surface area contributed by atoms with Gasteiger partial charge >= 0.3 is 0 Å². The second-order valence-corrected chi connectivity index (χ2v) is 3.47. The zero-order chi connectivity index (χ0) is 10.7. The van der Waals surface area contributed by atoms with Gasteiger partial charge in [-0.3, -0.25) is 4.79 Å². The first-order valence-corrected chi connectivity index (χ1v) is 4.85. The van der Waals surface area contributed by atoms with E-state index < -0.39 is 0 Å². The van der Waals surface area contributed by atoms with Crippen LogP contribution >= 0.6 is 11.3 Å². The Hall–Kier alpha value is -2.03. The Bertz CT molecular complexity index is 450. The summed E-state index contributed by atoms with van der Waals surface area (Å²) in [6.45, 7) is 0.201. The molecule has 2 heterocycles. The first-order valence-electron chi connectivity index (χ1n) is 3.97. The van der Waals surface area contributed by atoms with Crippen LogP contribution in [0, 0.1) is 0 Å². The zero-order valence-electron chi connectivity index (χ0n) is 7.47. The number of nitrogen functional groups attached to an aromatic ring is 1. The highest BCUT2D eigenvalue weighted by atomic mass is 32.1. The number of carbonyl (C=O) groups excluding carboxylic acids is 1. The molecule has 4 N–H and O–H groups in total. The number of hydrogen-bond acceptors (Lipinski definition) is 7. The van der Waals surface area contributed by atoms with Crippen LogP contribution in [0.5, 0.6) is 0 Å². The predicted molar refractivity (Wildman–Crippen MR) is 51.9 cm³/mol. The van der Waals surface area contributed by atoms with Crippen LogP contribution in [0.4, 0.5) is 5.13 Å². The van der Waals surface area contributed by atoms with Crippen molar-refractivity contribution in [2.24, 2.45) is 0 Å². The second kappa shape index (κ2) is 4.00. The molecule has 2 aromatic heterocycles. The Balaban J connectivity index is 1.93. The highest BCUT2D eigenvalue weighted by Gasteiger charge is 2.09. The fraction of sp³-hybridized carbons (Fsp3) is 0.167. The molecule has 0 aromatic carbocycles. The molecule has 2 aromatic rings. The van der Waals surface area contributed by atoms with Crippen LogP contribution in [0.2, 0.25) is 0 Å². The van der Waals surface area contributed by atoms with Gasteiger partial charge < -0.3 is 11.1 Å². The van der Waals surface area contributed by atoms with Gasteiger partial charge in [0.1, 0.15) is 5.69 Å². The Labute approximate surface area is 87.9 Å². The van der Waals surface area contributed by atoms with E-state index in [-0.39, 0.29) is 12.5 Å². The minimum absolute atomic E-state index is 0.201. The van der Waals surface area contributed by atoms with Crippen molar-refractivity contribution in [2.75, 3.05) is 5.73 Å². The number of aromatic amines is 1. The van der Waals surface area contributed by atoms with Crippen LogP contribution in [0.15, 0.2) is 5.38 Å². The molecule has 8 nitrogen and oxygen atoms in total. The van der Waals surface area contributed by atoms with E-state index in [2.05, 4.69) is 30.9 Å². The van der Waals surface area contributed by atoms with E-state index in [9.17, 15) is 4.79 Å². The Kier molecular flexibility index (Phi) is 2.54. The van der Waals surface area contributed by atoms with E-state index in [1.807, 2.05) is 0 Å². The molecule has 15 heavy (non-hydrogen) atoms. The zero-order valence-corrected chi connectivity index (χ0v) is 8.28. The highest BCUT2D eigenvalue weighted by Crippen LogP contribution is 2.10. The average Bonchev–Trinajstić information content (AvgIpc) is 2.84. The van der Waals surface area contributed by atoms with Crippen molar-refractivity contribution in [1.82, 2.24) is 30.9 Å². The summed E-state index contributed by atoms with van der Waals surface area (Å²) < 4.78 is 0. The molecule has 78 valence electrons. The summed E-state index contributed by atoms with van der Waals surface area (Å²) in [6, 6.07) is 0. The maximum Gasteiger partial charge on any atom is 0.271 e. The van der Waals surface area contributed by atoms with E-state index in [1.165, 1.54) is 11.3 Å². The fourth-order valence-electron chi connectivity index (χ4n) is 0.899. The van der Waals surface area contributed by atoms with E-state index >= 15 is 0 Å². The normalized spacial score (nSPS) is 10.1. The molecule has 0 radical (unpaired) electrons. The van der Waals surface area contributed by atoms with Crippen LogP contribution in [0.1, 0.15) is 16.3 Å². The van der Waals surface area contributed by atoms with E-state index in [4.69, 9.17) is 5.73 Å². The lowest BCUT2D eigenvalue weighted by Crippen LogP contribution is -2.23. The molecule has 0 saturated heterocycles. The van der Waals surface area contributed by atoms with Gasteiger partial charge in [-0.1, -0.05) is 5.21 Å². The van der Waals surface area contributed by atoms with Gasteiger partial charge in [0, 0.05) is 5.38 Å². The average molecular weight is 225 g/mol. The third-order valence-corrected chi connectivity index (χ3v) is 2.22. The molecule has 0 aliphatic rings. The maximum atomic E-state index is 11.4. The van der Waals surface area contributed by atoms with Crippen molar-refractivity contribution < 1.29 is 4.79 Å². The quantitative estimate of drug-likeness (QED) is 0.626. The lowest BCUT2D eigenvalue weighted by Gasteiger charge is -1.97. The van der Waals surface area contributed by atoms with Crippen molar-refractivity contribution in [1.29, 1.82) is 0 Å². The molecule has 0 aliphatic carbocycles. The summed E-state index contributed by atoms with van der Waals surface area (Å²) in [4.78, 5) is 15.3. The molecular formula is C6H7N7OS. The Morgan fingerprint density at radius 3 is 3.13 bits per heavy atom.